The molecule has 0 saturated carbocycles. The summed E-state index contributed by atoms with van der Waals surface area (Å²) in [4.78, 5) is 27.8. The molecule has 2 aromatic carbocycles. The van der Waals surface area contributed by atoms with E-state index >= 15 is 0 Å². The Hall–Kier alpha value is -3.49. The molecule has 162 valence electrons. The summed E-state index contributed by atoms with van der Waals surface area (Å²) in [5.41, 5.74) is 2.87. The molecule has 0 bridgehead atoms. The second kappa shape index (κ2) is 10.5. The smallest absolute Gasteiger partial charge is 0.262 e. The largest absolute Gasteiger partial charge is 0.506 e. The van der Waals surface area contributed by atoms with Crippen molar-refractivity contribution in [1.82, 2.24) is 4.98 Å². The number of pyridine rings is 1. The number of aromatic nitrogens is 1. The first-order valence-electron chi connectivity index (χ1n) is 8.92. The number of phenolic OH excluding ortho intramolecular Hbond substituents is 1. The zero-order valence-corrected chi connectivity index (χ0v) is 17.8. The average molecular weight is 463 g/mol. The van der Waals surface area contributed by atoms with Gasteiger partial charge in [0.2, 0.25) is 0 Å². The lowest BCUT2D eigenvalue weighted by atomic mass is 10.1. The van der Waals surface area contributed by atoms with Gasteiger partial charge >= 0.3 is 0 Å². The van der Waals surface area contributed by atoms with E-state index in [9.17, 15) is 14.7 Å². The molecular weight excluding hydrogens is 443 g/mol. The molecule has 4 N–H and O–H groups in total. The predicted octanol–water partition coefficient (Wildman–Crippen LogP) is 3.83. The molecule has 0 atom stereocenters. The number of anilines is 3. The number of benzene rings is 2. The van der Waals surface area contributed by atoms with Crippen LogP contribution in [-0.4, -0.2) is 28.5 Å². The molecule has 10 heteroatoms. The lowest BCUT2D eigenvalue weighted by molar-refractivity contribution is -0.118. The van der Waals surface area contributed by atoms with Crippen LogP contribution in [0.15, 0.2) is 60.9 Å². The maximum atomic E-state index is 12.4. The average Bonchev–Trinajstić information content (AvgIpc) is 2.73. The number of fused-ring (bicyclic) bond motifs is 1. The molecule has 4 rings (SSSR count). The van der Waals surface area contributed by atoms with Crippen LogP contribution in [0.1, 0.15) is 15.9 Å². The van der Waals surface area contributed by atoms with Crippen LogP contribution in [0.3, 0.4) is 0 Å². The fraction of sp³-hybridized carbons (Fsp3) is 0.0952. The highest BCUT2D eigenvalue weighted by Crippen LogP contribution is 2.37. The van der Waals surface area contributed by atoms with Gasteiger partial charge in [0.15, 0.2) is 6.61 Å². The number of carbonyl (C=O) groups excluding carboxylic acids is 2. The summed E-state index contributed by atoms with van der Waals surface area (Å²) in [6.07, 6.45) is 3.21. The first-order valence-corrected chi connectivity index (χ1v) is 8.92. The summed E-state index contributed by atoms with van der Waals surface area (Å²) in [5, 5.41) is 18.8. The van der Waals surface area contributed by atoms with Crippen LogP contribution in [0.4, 0.5) is 17.1 Å². The van der Waals surface area contributed by atoms with Crippen LogP contribution in [0.25, 0.3) is 0 Å². The van der Waals surface area contributed by atoms with Gasteiger partial charge in [-0.25, -0.2) is 0 Å². The van der Waals surface area contributed by atoms with E-state index in [1.165, 1.54) is 6.07 Å². The molecule has 31 heavy (non-hydrogen) atoms. The van der Waals surface area contributed by atoms with Crippen molar-refractivity contribution in [3.05, 3.63) is 72.1 Å². The molecule has 3 aromatic rings. The van der Waals surface area contributed by atoms with Crippen LogP contribution >= 0.6 is 24.8 Å². The summed E-state index contributed by atoms with van der Waals surface area (Å²) in [5.74, 6) is -0.0332. The maximum absolute atomic E-state index is 12.4. The second-order valence-electron chi connectivity index (χ2n) is 6.45. The number of hydrogen-bond donors (Lipinski definition) is 4. The van der Waals surface area contributed by atoms with Gasteiger partial charge in [0, 0.05) is 30.4 Å². The number of ether oxygens (including phenoxy) is 1. The Morgan fingerprint density at radius 1 is 1.16 bits per heavy atom. The molecule has 0 unspecified atom stereocenters. The quantitative estimate of drug-likeness (QED) is 0.428. The molecule has 1 aliphatic heterocycles. The fourth-order valence-corrected chi connectivity index (χ4v) is 2.92. The summed E-state index contributed by atoms with van der Waals surface area (Å²) >= 11 is 0. The number of phenols is 1. The van der Waals surface area contributed by atoms with Gasteiger partial charge in [-0.3, -0.25) is 14.6 Å². The van der Waals surface area contributed by atoms with Crippen molar-refractivity contribution in [1.29, 1.82) is 0 Å². The van der Waals surface area contributed by atoms with Gasteiger partial charge in [0.05, 0.1) is 23.3 Å². The Kier molecular flexibility index (Phi) is 8.07. The van der Waals surface area contributed by atoms with Gasteiger partial charge in [-0.2, -0.15) is 0 Å². The molecule has 2 heterocycles. The molecule has 1 aromatic heterocycles. The van der Waals surface area contributed by atoms with E-state index in [2.05, 4.69) is 20.9 Å². The highest BCUT2D eigenvalue weighted by molar-refractivity contribution is 6.04. The first-order chi connectivity index (χ1) is 14.1. The Morgan fingerprint density at radius 2 is 2.00 bits per heavy atom. The van der Waals surface area contributed by atoms with Crippen molar-refractivity contribution in [2.24, 2.45) is 0 Å². The van der Waals surface area contributed by atoms with Crippen molar-refractivity contribution < 1.29 is 19.4 Å². The van der Waals surface area contributed by atoms with E-state index in [1.807, 2.05) is 6.07 Å². The van der Waals surface area contributed by atoms with Crippen molar-refractivity contribution in [3.63, 3.8) is 0 Å². The Bertz CT molecular complexity index is 1080. The number of rotatable bonds is 5. The van der Waals surface area contributed by atoms with E-state index < -0.39 is 0 Å². The molecule has 2 amide bonds. The predicted molar refractivity (Wildman–Crippen MR) is 123 cm³/mol. The number of halogens is 2. The number of amides is 2. The minimum Gasteiger partial charge on any atom is -0.506 e. The summed E-state index contributed by atoms with van der Waals surface area (Å²) in [6, 6.07) is 13.7. The Balaban J connectivity index is 0.00000171. The summed E-state index contributed by atoms with van der Waals surface area (Å²) in [6.45, 7) is 0.317. The van der Waals surface area contributed by atoms with Gasteiger partial charge in [0.25, 0.3) is 11.8 Å². The number of carbonyl (C=O) groups is 2. The van der Waals surface area contributed by atoms with Gasteiger partial charge < -0.3 is 25.8 Å². The zero-order chi connectivity index (χ0) is 20.2. The topological polar surface area (TPSA) is 113 Å². The monoisotopic (exact) mass is 462 g/mol. The number of aromatic hydroxyl groups is 1. The van der Waals surface area contributed by atoms with Crippen molar-refractivity contribution >= 4 is 53.7 Å². The number of nitrogens with one attached hydrogen (secondary N) is 3. The van der Waals surface area contributed by atoms with E-state index in [0.717, 1.165) is 5.56 Å². The van der Waals surface area contributed by atoms with Crippen molar-refractivity contribution in [2.45, 2.75) is 6.54 Å². The summed E-state index contributed by atoms with van der Waals surface area (Å²) in [7, 11) is 0. The van der Waals surface area contributed by atoms with Gasteiger partial charge in [0.1, 0.15) is 11.5 Å². The minimum absolute atomic E-state index is 0. The van der Waals surface area contributed by atoms with Crippen LogP contribution < -0.4 is 20.7 Å². The number of nitrogens with zero attached hydrogens (tertiary/aromatic N) is 1. The normalized spacial score (nSPS) is 11.5. The number of hydrogen-bond acceptors (Lipinski definition) is 6. The van der Waals surface area contributed by atoms with Crippen LogP contribution in [-0.2, 0) is 11.3 Å². The van der Waals surface area contributed by atoms with Crippen molar-refractivity contribution in [3.8, 4) is 11.5 Å². The Morgan fingerprint density at radius 3 is 2.77 bits per heavy atom. The van der Waals surface area contributed by atoms with Gasteiger partial charge in [-0.15, -0.1) is 24.8 Å². The second-order valence-corrected chi connectivity index (χ2v) is 6.45. The summed E-state index contributed by atoms with van der Waals surface area (Å²) < 4.78 is 5.37. The van der Waals surface area contributed by atoms with E-state index in [4.69, 9.17) is 4.74 Å². The van der Waals surface area contributed by atoms with Crippen molar-refractivity contribution in [2.75, 3.05) is 22.6 Å². The molecule has 0 saturated heterocycles. The molecule has 0 radical (unpaired) electrons. The lowest BCUT2D eigenvalue weighted by Gasteiger charge is -2.20. The van der Waals surface area contributed by atoms with Crippen LogP contribution in [0, 0.1) is 0 Å². The standard InChI is InChI=1S/C21H18N4O4.2ClH/c26-18-8-17-19(29-12-20(27)25-17)9-16(18)23-10-13-3-1-4-14(7-13)21(28)24-15-5-2-6-22-11-15;;/h1-9,11,23,26H,10,12H2,(H,24,28)(H,25,27);2*1H. The molecule has 0 fully saturated rings. The van der Waals surface area contributed by atoms with Gasteiger partial charge in [-0.05, 0) is 29.8 Å². The SMILES string of the molecule is Cl.Cl.O=C1COc2cc(NCc3cccc(C(=O)Nc4cccnc4)c3)c(O)cc2N1. The zero-order valence-electron chi connectivity index (χ0n) is 16.1. The molecule has 0 aliphatic carbocycles. The third-order valence-electron chi connectivity index (χ3n) is 4.32. The van der Waals surface area contributed by atoms with E-state index in [0.29, 0.717) is 34.9 Å². The highest BCUT2D eigenvalue weighted by atomic mass is 35.5. The third kappa shape index (κ3) is 5.78. The molecule has 8 nitrogen and oxygen atoms in total. The lowest BCUT2D eigenvalue weighted by Crippen LogP contribution is -2.25. The van der Waals surface area contributed by atoms with Gasteiger partial charge in [-0.1, -0.05) is 12.1 Å². The third-order valence-corrected chi connectivity index (χ3v) is 4.32. The van der Waals surface area contributed by atoms with E-state index in [-0.39, 0.29) is 49.0 Å². The first kappa shape index (κ1) is 23.8. The fourth-order valence-electron chi connectivity index (χ4n) is 2.92. The highest BCUT2D eigenvalue weighted by Gasteiger charge is 2.18. The van der Waals surface area contributed by atoms with Crippen LogP contribution in [0.5, 0.6) is 11.5 Å². The Labute approximate surface area is 190 Å². The minimum atomic E-state index is -0.265. The van der Waals surface area contributed by atoms with Crippen LogP contribution in [0.2, 0.25) is 0 Å². The molecule has 1 aliphatic rings. The maximum Gasteiger partial charge on any atom is 0.262 e. The molecular formula is C21H20Cl2N4O4. The van der Waals surface area contributed by atoms with E-state index in [1.54, 1.807) is 48.8 Å². The molecule has 0 spiro atoms.